The van der Waals surface area contributed by atoms with Crippen LogP contribution < -0.4 is 0 Å². The first-order valence-corrected chi connectivity index (χ1v) is 11.6. The lowest BCUT2D eigenvalue weighted by molar-refractivity contribution is -0.147. The van der Waals surface area contributed by atoms with E-state index in [9.17, 15) is 19.2 Å². The van der Waals surface area contributed by atoms with Crippen LogP contribution in [-0.2, 0) is 27.5 Å². The molecule has 1 unspecified atom stereocenters. The minimum absolute atomic E-state index is 0.0122. The second-order valence-corrected chi connectivity index (χ2v) is 8.52. The Morgan fingerprint density at radius 3 is 2.18 bits per heavy atom. The first-order valence-electron chi connectivity index (χ1n) is 10.5. The summed E-state index contributed by atoms with van der Waals surface area (Å²) in [4.78, 5) is 49.2. The number of esters is 1. The van der Waals surface area contributed by atoms with Gasteiger partial charge in [0.05, 0.1) is 18.5 Å². The number of Topliss-reactive ketones (excluding diaryl/α,β-unsaturated/α-hetero) is 2. The molecule has 0 bridgehead atoms. The zero-order valence-corrected chi connectivity index (χ0v) is 19.3. The van der Waals surface area contributed by atoms with E-state index in [2.05, 4.69) is 15.9 Å². The van der Waals surface area contributed by atoms with Gasteiger partial charge in [-0.3, -0.25) is 14.5 Å². The van der Waals surface area contributed by atoms with E-state index in [0.29, 0.717) is 37.2 Å². The molecule has 8 nitrogen and oxygen atoms in total. The molecule has 0 saturated carbocycles. The molecule has 1 N–H and O–H groups in total. The number of rotatable bonds is 6. The number of ether oxygens (including phenoxy) is 2. The van der Waals surface area contributed by atoms with Crippen LogP contribution in [0.2, 0.25) is 0 Å². The van der Waals surface area contributed by atoms with Crippen molar-refractivity contribution in [2.75, 3.05) is 18.5 Å². The molecule has 0 aliphatic carbocycles. The van der Waals surface area contributed by atoms with Crippen LogP contribution in [0, 0.1) is 0 Å². The summed E-state index contributed by atoms with van der Waals surface area (Å²) < 4.78 is 10.9. The Hall–Kier alpha value is -3.04. The zero-order valence-electron chi connectivity index (χ0n) is 17.7. The number of fused-ring (bicyclic) bond motifs is 3. The minimum Gasteiger partial charge on any atom is -0.465 e. The number of carbonyl (C=O) groups is 4. The third-order valence-corrected chi connectivity index (χ3v) is 6.41. The Kier molecular flexibility index (Phi) is 6.90. The standard InChI is InChI=1S/C24H22BrNO7/c25-10-21(27)14-3-5-18-16(8-14)11-32-12-17-9-15(4-6-19(17)18)22(28)13-33-23(29)20-2-1-7-26(20)24(30)31/h3-6,8-9,20H,1-2,7,10-13H2,(H,30,31). The Bertz CT molecular complexity index is 1130. The summed E-state index contributed by atoms with van der Waals surface area (Å²) >= 11 is 3.19. The third kappa shape index (κ3) is 4.84. The van der Waals surface area contributed by atoms with E-state index in [0.717, 1.165) is 27.2 Å². The van der Waals surface area contributed by atoms with E-state index in [1.165, 1.54) is 0 Å². The molecule has 2 aliphatic heterocycles. The van der Waals surface area contributed by atoms with Crippen LogP contribution in [-0.4, -0.2) is 58.2 Å². The normalized spacial score (nSPS) is 17.0. The second-order valence-electron chi connectivity index (χ2n) is 7.96. The van der Waals surface area contributed by atoms with Gasteiger partial charge in [0.1, 0.15) is 6.04 Å². The summed E-state index contributed by atoms with van der Waals surface area (Å²) in [7, 11) is 0. The molecule has 1 saturated heterocycles. The van der Waals surface area contributed by atoms with Crippen molar-refractivity contribution >= 4 is 39.6 Å². The van der Waals surface area contributed by atoms with Gasteiger partial charge in [-0.15, -0.1) is 0 Å². The smallest absolute Gasteiger partial charge is 0.408 e. The Balaban J connectivity index is 1.48. The van der Waals surface area contributed by atoms with Crippen LogP contribution in [0.15, 0.2) is 36.4 Å². The summed E-state index contributed by atoms with van der Waals surface area (Å²) in [6, 6.07) is 9.84. The van der Waals surface area contributed by atoms with Crippen LogP contribution in [0.5, 0.6) is 0 Å². The Labute approximate surface area is 198 Å². The molecule has 4 rings (SSSR count). The number of carboxylic acid groups (broad SMARTS) is 1. The highest BCUT2D eigenvalue weighted by molar-refractivity contribution is 9.09. The fourth-order valence-electron chi connectivity index (χ4n) is 4.20. The van der Waals surface area contributed by atoms with Crippen molar-refractivity contribution < 1.29 is 33.8 Å². The van der Waals surface area contributed by atoms with E-state index in [4.69, 9.17) is 14.6 Å². The third-order valence-electron chi connectivity index (χ3n) is 5.90. The highest BCUT2D eigenvalue weighted by Crippen LogP contribution is 2.33. The molecule has 2 aliphatic rings. The number of hydrogen-bond donors (Lipinski definition) is 1. The summed E-state index contributed by atoms with van der Waals surface area (Å²) in [5.41, 5.74) is 4.55. The van der Waals surface area contributed by atoms with Gasteiger partial charge in [0.15, 0.2) is 18.2 Å². The predicted octanol–water partition coefficient (Wildman–Crippen LogP) is 3.83. The SMILES string of the molecule is O=C(CBr)c1ccc2c(c1)COCc1cc(C(=O)COC(=O)C3CCCN3C(=O)O)ccc1-2. The fraction of sp³-hybridized carbons (Fsp3) is 0.333. The molecule has 33 heavy (non-hydrogen) atoms. The van der Waals surface area contributed by atoms with Gasteiger partial charge in [-0.05, 0) is 47.2 Å². The van der Waals surface area contributed by atoms with Crippen molar-refractivity contribution in [2.45, 2.75) is 32.1 Å². The lowest BCUT2D eigenvalue weighted by Crippen LogP contribution is -2.41. The number of alkyl halides is 1. The maximum absolute atomic E-state index is 12.7. The topological polar surface area (TPSA) is 110 Å². The van der Waals surface area contributed by atoms with Crippen molar-refractivity contribution in [1.82, 2.24) is 4.90 Å². The lowest BCUT2D eigenvalue weighted by atomic mass is 9.93. The van der Waals surface area contributed by atoms with Crippen LogP contribution in [0.25, 0.3) is 11.1 Å². The first kappa shape index (κ1) is 23.1. The summed E-state index contributed by atoms with van der Waals surface area (Å²) in [5.74, 6) is -1.10. The first-order chi connectivity index (χ1) is 15.9. The van der Waals surface area contributed by atoms with Crippen molar-refractivity contribution in [3.63, 3.8) is 0 Å². The molecular weight excluding hydrogens is 494 g/mol. The molecule has 172 valence electrons. The number of hydrogen-bond acceptors (Lipinski definition) is 6. The molecule has 2 aromatic carbocycles. The molecule has 1 amide bonds. The average molecular weight is 516 g/mol. The van der Waals surface area contributed by atoms with E-state index in [-0.39, 0.29) is 23.4 Å². The maximum Gasteiger partial charge on any atom is 0.408 e. The average Bonchev–Trinajstić information content (AvgIpc) is 3.25. The highest BCUT2D eigenvalue weighted by atomic mass is 79.9. The molecule has 1 fully saturated rings. The largest absolute Gasteiger partial charge is 0.465 e. The van der Waals surface area contributed by atoms with Gasteiger partial charge < -0.3 is 14.6 Å². The van der Waals surface area contributed by atoms with E-state index in [1.54, 1.807) is 18.2 Å². The predicted molar refractivity (Wildman–Crippen MR) is 122 cm³/mol. The number of likely N-dealkylation sites (tertiary alicyclic amines) is 1. The van der Waals surface area contributed by atoms with E-state index >= 15 is 0 Å². The molecule has 0 aromatic heterocycles. The minimum atomic E-state index is -1.17. The molecule has 2 heterocycles. The van der Waals surface area contributed by atoms with Gasteiger partial charge in [0.2, 0.25) is 0 Å². The quantitative estimate of drug-likeness (QED) is 0.353. The van der Waals surface area contributed by atoms with Gasteiger partial charge in [-0.2, -0.15) is 0 Å². The van der Waals surface area contributed by atoms with Crippen LogP contribution >= 0.6 is 15.9 Å². The molecule has 0 spiro atoms. The van der Waals surface area contributed by atoms with Gasteiger partial charge in [-0.1, -0.05) is 40.2 Å². The number of halogens is 1. The molecule has 2 aromatic rings. The zero-order chi connectivity index (χ0) is 23.5. The highest BCUT2D eigenvalue weighted by Gasteiger charge is 2.35. The number of carbonyl (C=O) groups excluding carboxylic acids is 3. The van der Waals surface area contributed by atoms with Crippen molar-refractivity contribution in [1.29, 1.82) is 0 Å². The molecule has 9 heteroatoms. The number of nitrogens with zero attached hydrogens (tertiary/aromatic N) is 1. The lowest BCUT2D eigenvalue weighted by Gasteiger charge is -2.19. The fourth-order valence-corrected chi connectivity index (χ4v) is 4.53. The van der Waals surface area contributed by atoms with Gasteiger partial charge in [0, 0.05) is 17.7 Å². The Morgan fingerprint density at radius 2 is 1.61 bits per heavy atom. The number of ketones is 2. The van der Waals surface area contributed by atoms with Gasteiger partial charge in [-0.25, -0.2) is 9.59 Å². The summed E-state index contributed by atoms with van der Waals surface area (Å²) in [6.45, 7) is 0.455. The number of amides is 1. The van der Waals surface area contributed by atoms with Crippen molar-refractivity contribution in [3.8, 4) is 11.1 Å². The van der Waals surface area contributed by atoms with E-state index in [1.807, 2.05) is 18.2 Å². The maximum atomic E-state index is 12.7. The van der Waals surface area contributed by atoms with Crippen LogP contribution in [0.4, 0.5) is 4.79 Å². The van der Waals surface area contributed by atoms with Crippen molar-refractivity contribution in [3.05, 3.63) is 58.7 Å². The van der Waals surface area contributed by atoms with Crippen LogP contribution in [0.1, 0.15) is 44.7 Å². The van der Waals surface area contributed by atoms with Gasteiger partial charge >= 0.3 is 12.1 Å². The molecule has 1 atom stereocenters. The molecule has 0 radical (unpaired) electrons. The summed E-state index contributed by atoms with van der Waals surface area (Å²) in [5, 5.41) is 9.41. The van der Waals surface area contributed by atoms with E-state index < -0.39 is 24.7 Å². The monoisotopic (exact) mass is 515 g/mol. The van der Waals surface area contributed by atoms with Gasteiger partial charge in [0.25, 0.3) is 0 Å². The second kappa shape index (κ2) is 9.84. The van der Waals surface area contributed by atoms with Crippen molar-refractivity contribution in [2.24, 2.45) is 0 Å². The Morgan fingerprint density at radius 1 is 1.00 bits per heavy atom. The van der Waals surface area contributed by atoms with Crippen LogP contribution in [0.3, 0.4) is 0 Å². The molecular formula is C24H22BrNO7. The number of benzene rings is 2. The summed E-state index contributed by atoms with van der Waals surface area (Å²) in [6.07, 6.45) is -0.203.